The van der Waals surface area contributed by atoms with E-state index in [0.29, 0.717) is 4.31 Å². The molecule has 0 fully saturated rings. The molecule has 3 amide bonds. The molecule has 0 radical (unpaired) electrons. The van der Waals surface area contributed by atoms with Gasteiger partial charge >= 0.3 is 12.0 Å². The number of anilines is 2. The molecule has 0 aliphatic carbocycles. The van der Waals surface area contributed by atoms with Crippen molar-refractivity contribution in [1.82, 2.24) is 14.3 Å². The van der Waals surface area contributed by atoms with E-state index in [2.05, 4.69) is 25.3 Å². The Morgan fingerprint density at radius 1 is 0.969 bits per heavy atom. The summed E-state index contributed by atoms with van der Waals surface area (Å²) in [4.78, 5) is 43.3. The molecule has 0 bridgehead atoms. The van der Waals surface area contributed by atoms with E-state index in [9.17, 15) is 22.8 Å². The normalized spacial score (nSPS) is 10.7. The van der Waals surface area contributed by atoms with Gasteiger partial charge in [0.1, 0.15) is 4.90 Å². The number of urea groups is 1. The largest absolute Gasteiger partial charge is 0.481 e. The first-order valence-corrected chi connectivity index (χ1v) is 10.2. The van der Waals surface area contributed by atoms with E-state index in [1.54, 1.807) is 0 Å². The van der Waals surface area contributed by atoms with Crippen molar-refractivity contribution in [3.63, 3.8) is 0 Å². The van der Waals surface area contributed by atoms with Crippen LogP contribution in [-0.4, -0.2) is 69.0 Å². The van der Waals surface area contributed by atoms with E-state index in [0.717, 1.165) is 26.3 Å². The molecule has 1 aromatic carbocycles. The Bertz CT molecular complexity index is 1130. The number of carbonyl (C=O) groups excluding carboxylic acids is 3. The van der Waals surface area contributed by atoms with Crippen LogP contribution in [0.25, 0.3) is 0 Å². The molecule has 0 saturated heterocycles. The van der Waals surface area contributed by atoms with Gasteiger partial charge in [0.25, 0.3) is 10.0 Å². The number of rotatable bonds is 7. The Labute approximate surface area is 183 Å². The second kappa shape index (κ2) is 9.91. The maximum atomic E-state index is 13.1. The number of carbonyl (C=O) groups is 3. The summed E-state index contributed by atoms with van der Waals surface area (Å²) in [5.74, 6) is -1.57. The highest BCUT2D eigenvalue weighted by Gasteiger charge is 2.31. The average Bonchev–Trinajstić information content (AvgIpc) is 2.77. The minimum Gasteiger partial charge on any atom is -0.481 e. The van der Waals surface area contributed by atoms with Crippen molar-refractivity contribution in [2.45, 2.75) is 11.8 Å². The maximum Gasteiger partial charge on any atom is 0.339 e. The van der Waals surface area contributed by atoms with Crippen LogP contribution in [-0.2, 0) is 19.6 Å². The number of amides is 3. The van der Waals surface area contributed by atoms with Crippen LogP contribution in [0.5, 0.6) is 11.8 Å². The summed E-state index contributed by atoms with van der Waals surface area (Å²) in [6.45, 7) is 1.23. The number of hydrogen-bond acceptors (Lipinski definition) is 10. The van der Waals surface area contributed by atoms with Gasteiger partial charge in [0.15, 0.2) is 0 Å². The van der Waals surface area contributed by atoms with Crippen molar-refractivity contribution in [2.75, 3.05) is 39.0 Å². The van der Waals surface area contributed by atoms with Crippen molar-refractivity contribution in [3.05, 3.63) is 29.8 Å². The third-order valence-electron chi connectivity index (χ3n) is 3.95. The molecular formula is C18H21N5O8S. The van der Waals surface area contributed by atoms with Crippen molar-refractivity contribution >= 4 is 39.6 Å². The molecule has 0 unspecified atom stereocenters. The quantitative estimate of drug-likeness (QED) is 0.563. The molecule has 1 aromatic heterocycles. The number of benzene rings is 1. The van der Waals surface area contributed by atoms with Crippen molar-refractivity contribution in [1.29, 1.82) is 0 Å². The van der Waals surface area contributed by atoms with Gasteiger partial charge in [-0.05, 0) is 18.2 Å². The summed E-state index contributed by atoms with van der Waals surface area (Å²) in [5, 5.41) is 4.63. The number of nitrogens with one attached hydrogen (secondary N) is 2. The van der Waals surface area contributed by atoms with Crippen LogP contribution in [0.2, 0.25) is 0 Å². The summed E-state index contributed by atoms with van der Waals surface area (Å²) in [5.41, 5.74) is -0.237. The lowest BCUT2D eigenvalue weighted by Crippen LogP contribution is -2.37. The van der Waals surface area contributed by atoms with E-state index < -0.39 is 32.8 Å². The predicted molar refractivity (Wildman–Crippen MR) is 111 cm³/mol. The Morgan fingerprint density at radius 3 is 2.06 bits per heavy atom. The maximum absolute atomic E-state index is 13.1. The van der Waals surface area contributed by atoms with E-state index >= 15 is 0 Å². The van der Waals surface area contributed by atoms with Gasteiger partial charge in [-0.15, -0.1) is 0 Å². The molecule has 0 aliphatic heterocycles. The number of hydrogen-bond donors (Lipinski definition) is 2. The van der Waals surface area contributed by atoms with E-state index in [4.69, 9.17) is 9.47 Å². The molecule has 0 atom stereocenters. The molecular weight excluding hydrogens is 446 g/mol. The van der Waals surface area contributed by atoms with Gasteiger partial charge in [0, 0.05) is 19.7 Å². The average molecular weight is 467 g/mol. The van der Waals surface area contributed by atoms with Crippen molar-refractivity contribution < 1.29 is 37.0 Å². The van der Waals surface area contributed by atoms with Crippen LogP contribution >= 0.6 is 0 Å². The van der Waals surface area contributed by atoms with Crippen LogP contribution in [0.15, 0.2) is 29.2 Å². The summed E-state index contributed by atoms with van der Waals surface area (Å²) in [6, 6.07) is 3.74. The van der Waals surface area contributed by atoms with Gasteiger partial charge in [0.2, 0.25) is 23.6 Å². The standard InChI is InChI=1S/C18H21N5O8S/c1-10(24)19-11-6-7-12(16(25)31-5)13(8-11)32(27,28)23(2)18(26)22-17-20-14(29-3)9-15(21-17)30-4/h6-9H,1-5H3,(H,19,24)(H,20,21,22,26). The Morgan fingerprint density at radius 2 is 1.56 bits per heavy atom. The Hall–Kier alpha value is -3.94. The Balaban J connectivity index is 2.44. The lowest BCUT2D eigenvalue weighted by molar-refractivity contribution is -0.114. The third kappa shape index (κ3) is 5.40. The topological polar surface area (TPSA) is 166 Å². The predicted octanol–water partition coefficient (Wildman–Crippen LogP) is 1.09. The zero-order valence-electron chi connectivity index (χ0n) is 17.8. The van der Waals surface area contributed by atoms with Gasteiger partial charge < -0.3 is 19.5 Å². The summed E-state index contributed by atoms with van der Waals surface area (Å²) in [6.07, 6.45) is 0. The van der Waals surface area contributed by atoms with E-state index in [1.807, 2.05) is 0 Å². The van der Waals surface area contributed by atoms with Crippen LogP contribution in [0.1, 0.15) is 17.3 Å². The Kier molecular flexibility index (Phi) is 7.54. The molecule has 172 valence electrons. The first-order valence-electron chi connectivity index (χ1n) is 8.80. The number of aromatic nitrogens is 2. The zero-order valence-corrected chi connectivity index (χ0v) is 18.6. The fourth-order valence-electron chi connectivity index (χ4n) is 2.40. The molecule has 2 aromatic rings. The highest BCUT2D eigenvalue weighted by atomic mass is 32.2. The van der Waals surface area contributed by atoms with Gasteiger partial charge in [-0.2, -0.15) is 9.97 Å². The summed E-state index contributed by atoms with van der Waals surface area (Å²) in [7, 11) is 0.125. The number of esters is 1. The van der Waals surface area contributed by atoms with Gasteiger partial charge in [-0.25, -0.2) is 22.3 Å². The lowest BCUT2D eigenvalue weighted by atomic mass is 10.2. The van der Waals surface area contributed by atoms with Gasteiger partial charge in [0.05, 0.1) is 33.0 Å². The fourth-order valence-corrected chi connectivity index (χ4v) is 3.66. The highest BCUT2D eigenvalue weighted by Crippen LogP contribution is 2.25. The molecule has 13 nitrogen and oxygen atoms in total. The summed E-state index contributed by atoms with van der Waals surface area (Å²) < 4.78 is 41.2. The monoisotopic (exact) mass is 467 g/mol. The van der Waals surface area contributed by atoms with Gasteiger partial charge in [-0.3, -0.25) is 10.1 Å². The van der Waals surface area contributed by atoms with Crippen molar-refractivity contribution in [2.24, 2.45) is 0 Å². The number of ether oxygens (including phenoxy) is 3. The SMILES string of the molecule is COC(=O)c1ccc(NC(C)=O)cc1S(=O)(=O)N(C)C(=O)Nc1nc(OC)cc(OC)n1. The molecule has 2 N–H and O–H groups in total. The van der Waals surface area contributed by atoms with E-state index in [-0.39, 0.29) is 29.0 Å². The molecule has 32 heavy (non-hydrogen) atoms. The second-order valence-corrected chi connectivity index (χ2v) is 8.00. The number of nitrogens with zero attached hydrogens (tertiary/aromatic N) is 3. The minimum absolute atomic E-state index is 0.0636. The number of methoxy groups -OCH3 is 3. The molecule has 0 spiro atoms. The third-order valence-corrected chi connectivity index (χ3v) is 5.73. The van der Waals surface area contributed by atoms with Gasteiger partial charge in [-0.1, -0.05) is 0 Å². The number of sulfonamides is 1. The molecule has 0 aliphatic rings. The van der Waals surface area contributed by atoms with Crippen LogP contribution in [0.3, 0.4) is 0 Å². The smallest absolute Gasteiger partial charge is 0.339 e. The van der Waals surface area contributed by atoms with Crippen LogP contribution in [0.4, 0.5) is 16.4 Å². The fraction of sp³-hybridized carbons (Fsp3) is 0.278. The lowest BCUT2D eigenvalue weighted by Gasteiger charge is -2.20. The molecule has 0 saturated carbocycles. The van der Waals surface area contributed by atoms with Crippen molar-refractivity contribution in [3.8, 4) is 11.8 Å². The molecule has 2 rings (SSSR count). The summed E-state index contributed by atoms with van der Waals surface area (Å²) >= 11 is 0. The second-order valence-electron chi connectivity index (χ2n) is 6.06. The van der Waals surface area contributed by atoms with E-state index in [1.165, 1.54) is 33.3 Å². The molecule has 14 heteroatoms. The first-order chi connectivity index (χ1) is 15.0. The minimum atomic E-state index is -4.58. The molecule has 1 heterocycles. The van der Waals surface area contributed by atoms with Crippen LogP contribution < -0.4 is 20.1 Å². The first kappa shape index (κ1) is 24.3. The van der Waals surface area contributed by atoms with Crippen LogP contribution in [0, 0.1) is 0 Å². The zero-order chi connectivity index (χ0) is 24.1. The highest BCUT2D eigenvalue weighted by molar-refractivity contribution is 7.89.